The van der Waals surface area contributed by atoms with Gasteiger partial charge in [-0.05, 0) is 19.1 Å². The summed E-state index contributed by atoms with van der Waals surface area (Å²) in [5, 5.41) is 2.64. The fourth-order valence-corrected chi connectivity index (χ4v) is 2.42. The standard InChI is InChI=1S/C15H12ClNO/c1-2-18-13-9-5-7-11-14(16)10-6-3-4-8-12(10)17-15(11)13/h3-9H,2H2,1H3. The Labute approximate surface area is 110 Å². The molecule has 0 saturated carbocycles. The number of nitrogens with zero attached hydrogens (tertiary/aromatic N) is 1. The van der Waals surface area contributed by atoms with Crippen LogP contribution in [0.3, 0.4) is 0 Å². The van der Waals surface area contributed by atoms with Gasteiger partial charge in [-0.1, -0.05) is 41.9 Å². The van der Waals surface area contributed by atoms with Crippen molar-refractivity contribution in [3.63, 3.8) is 0 Å². The number of benzene rings is 2. The van der Waals surface area contributed by atoms with Crippen molar-refractivity contribution < 1.29 is 4.74 Å². The molecule has 0 aliphatic rings. The predicted molar refractivity (Wildman–Crippen MR) is 75.4 cm³/mol. The van der Waals surface area contributed by atoms with Gasteiger partial charge < -0.3 is 4.74 Å². The van der Waals surface area contributed by atoms with Gasteiger partial charge in [0.2, 0.25) is 0 Å². The number of fused-ring (bicyclic) bond motifs is 2. The highest BCUT2D eigenvalue weighted by atomic mass is 35.5. The smallest absolute Gasteiger partial charge is 0.145 e. The largest absolute Gasteiger partial charge is 0.492 e. The Balaban J connectivity index is 2.43. The first-order valence-corrected chi connectivity index (χ1v) is 6.29. The average molecular weight is 258 g/mol. The first-order valence-electron chi connectivity index (χ1n) is 5.91. The molecule has 0 fully saturated rings. The molecule has 0 bridgehead atoms. The lowest BCUT2D eigenvalue weighted by Gasteiger charge is -2.09. The van der Waals surface area contributed by atoms with Crippen molar-refractivity contribution >= 4 is 33.4 Å². The highest BCUT2D eigenvalue weighted by Crippen LogP contribution is 2.34. The zero-order valence-electron chi connectivity index (χ0n) is 9.98. The topological polar surface area (TPSA) is 22.1 Å². The van der Waals surface area contributed by atoms with Crippen LogP contribution in [-0.2, 0) is 0 Å². The van der Waals surface area contributed by atoms with Crippen LogP contribution in [0.5, 0.6) is 5.75 Å². The zero-order chi connectivity index (χ0) is 12.5. The van der Waals surface area contributed by atoms with Crippen LogP contribution in [0, 0.1) is 0 Å². The van der Waals surface area contributed by atoms with Gasteiger partial charge in [0.25, 0.3) is 0 Å². The molecule has 0 radical (unpaired) electrons. The lowest BCUT2D eigenvalue weighted by molar-refractivity contribution is 0.343. The SMILES string of the molecule is CCOc1cccc2c(Cl)c3ccccc3nc12. The van der Waals surface area contributed by atoms with Crippen LogP contribution in [0.1, 0.15) is 6.92 Å². The van der Waals surface area contributed by atoms with E-state index in [0.29, 0.717) is 6.61 Å². The summed E-state index contributed by atoms with van der Waals surface area (Å²) in [6, 6.07) is 13.7. The average Bonchev–Trinajstić information content (AvgIpc) is 2.40. The second-order valence-corrected chi connectivity index (χ2v) is 4.41. The monoisotopic (exact) mass is 257 g/mol. The Morgan fingerprint density at radius 2 is 1.83 bits per heavy atom. The third-order valence-corrected chi connectivity index (χ3v) is 3.32. The summed E-state index contributed by atoms with van der Waals surface area (Å²) < 4.78 is 5.60. The maximum absolute atomic E-state index is 6.45. The van der Waals surface area contributed by atoms with Crippen LogP contribution in [0.4, 0.5) is 0 Å². The van der Waals surface area contributed by atoms with E-state index in [1.807, 2.05) is 49.4 Å². The molecule has 0 spiro atoms. The molecule has 0 unspecified atom stereocenters. The summed E-state index contributed by atoms with van der Waals surface area (Å²) in [5.41, 5.74) is 1.71. The summed E-state index contributed by atoms with van der Waals surface area (Å²) in [4.78, 5) is 4.65. The summed E-state index contributed by atoms with van der Waals surface area (Å²) in [6.45, 7) is 2.58. The Bertz CT molecular complexity index is 724. The van der Waals surface area contributed by atoms with E-state index in [-0.39, 0.29) is 0 Å². The maximum Gasteiger partial charge on any atom is 0.145 e. The van der Waals surface area contributed by atoms with Gasteiger partial charge in [-0.3, -0.25) is 0 Å². The van der Waals surface area contributed by atoms with Crippen molar-refractivity contribution in [3.05, 3.63) is 47.5 Å². The number of pyridine rings is 1. The number of ether oxygens (including phenoxy) is 1. The van der Waals surface area contributed by atoms with Gasteiger partial charge in [0.15, 0.2) is 0 Å². The second-order valence-electron chi connectivity index (χ2n) is 4.03. The molecule has 0 atom stereocenters. The van der Waals surface area contributed by atoms with E-state index in [1.54, 1.807) is 0 Å². The molecule has 3 heteroatoms. The highest BCUT2D eigenvalue weighted by Gasteiger charge is 2.10. The predicted octanol–water partition coefficient (Wildman–Crippen LogP) is 4.44. The van der Waals surface area contributed by atoms with Gasteiger partial charge in [-0.25, -0.2) is 4.98 Å². The number of para-hydroxylation sites is 2. The minimum atomic E-state index is 0.616. The first kappa shape index (κ1) is 11.3. The van der Waals surface area contributed by atoms with Gasteiger partial charge in [0.1, 0.15) is 11.3 Å². The minimum absolute atomic E-state index is 0.616. The van der Waals surface area contributed by atoms with E-state index in [9.17, 15) is 0 Å². The maximum atomic E-state index is 6.45. The summed E-state index contributed by atoms with van der Waals surface area (Å²) in [5.74, 6) is 0.780. The number of aromatic nitrogens is 1. The lowest BCUT2D eigenvalue weighted by Crippen LogP contribution is -1.94. The summed E-state index contributed by atoms with van der Waals surface area (Å²) in [7, 11) is 0. The van der Waals surface area contributed by atoms with Gasteiger partial charge in [0, 0.05) is 10.8 Å². The third-order valence-electron chi connectivity index (χ3n) is 2.91. The Morgan fingerprint density at radius 1 is 1.06 bits per heavy atom. The number of rotatable bonds is 2. The number of halogens is 1. The van der Waals surface area contributed by atoms with E-state index in [2.05, 4.69) is 4.98 Å². The normalized spacial score (nSPS) is 11.0. The molecule has 2 aromatic carbocycles. The molecule has 90 valence electrons. The molecular formula is C15H12ClNO. The van der Waals surface area contributed by atoms with Crippen molar-refractivity contribution in [2.24, 2.45) is 0 Å². The molecule has 0 N–H and O–H groups in total. The Hall–Kier alpha value is -1.80. The molecule has 0 aliphatic heterocycles. The molecule has 3 rings (SSSR count). The fourth-order valence-electron chi connectivity index (χ4n) is 2.11. The van der Waals surface area contributed by atoms with Gasteiger partial charge in [0.05, 0.1) is 17.1 Å². The third kappa shape index (κ3) is 1.70. The van der Waals surface area contributed by atoms with Crippen molar-refractivity contribution in [3.8, 4) is 5.75 Å². The van der Waals surface area contributed by atoms with E-state index in [4.69, 9.17) is 16.3 Å². The Kier molecular flexibility index (Phi) is 2.80. The lowest BCUT2D eigenvalue weighted by atomic mass is 10.1. The number of hydrogen-bond donors (Lipinski definition) is 0. The van der Waals surface area contributed by atoms with Crippen LogP contribution < -0.4 is 4.74 Å². The molecule has 1 heterocycles. The van der Waals surface area contributed by atoms with Crippen molar-refractivity contribution in [1.82, 2.24) is 4.98 Å². The van der Waals surface area contributed by atoms with Crippen molar-refractivity contribution in [2.45, 2.75) is 6.92 Å². The van der Waals surface area contributed by atoms with Gasteiger partial charge >= 0.3 is 0 Å². The van der Waals surface area contributed by atoms with E-state index in [1.165, 1.54) is 0 Å². The van der Waals surface area contributed by atoms with Crippen molar-refractivity contribution in [1.29, 1.82) is 0 Å². The van der Waals surface area contributed by atoms with Crippen LogP contribution >= 0.6 is 11.6 Å². The molecule has 0 aliphatic carbocycles. The molecule has 0 saturated heterocycles. The van der Waals surface area contributed by atoms with Crippen LogP contribution in [0.2, 0.25) is 5.02 Å². The molecule has 1 aromatic heterocycles. The zero-order valence-corrected chi connectivity index (χ0v) is 10.7. The van der Waals surface area contributed by atoms with E-state index < -0.39 is 0 Å². The molecule has 0 amide bonds. The van der Waals surface area contributed by atoms with Crippen LogP contribution in [0.25, 0.3) is 21.8 Å². The highest BCUT2D eigenvalue weighted by molar-refractivity contribution is 6.40. The van der Waals surface area contributed by atoms with E-state index in [0.717, 1.165) is 32.6 Å². The molecular weight excluding hydrogens is 246 g/mol. The Morgan fingerprint density at radius 3 is 2.67 bits per heavy atom. The van der Waals surface area contributed by atoms with Gasteiger partial charge in [-0.15, -0.1) is 0 Å². The quantitative estimate of drug-likeness (QED) is 0.633. The minimum Gasteiger partial charge on any atom is -0.492 e. The first-order chi connectivity index (χ1) is 8.81. The van der Waals surface area contributed by atoms with Gasteiger partial charge in [-0.2, -0.15) is 0 Å². The van der Waals surface area contributed by atoms with Crippen LogP contribution in [0.15, 0.2) is 42.5 Å². The van der Waals surface area contributed by atoms with E-state index >= 15 is 0 Å². The molecule has 18 heavy (non-hydrogen) atoms. The fraction of sp³-hybridized carbons (Fsp3) is 0.133. The number of hydrogen-bond acceptors (Lipinski definition) is 2. The summed E-state index contributed by atoms with van der Waals surface area (Å²) in [6.07, 6.45) is 0. The second kappa shape index (κ2) is 4.46. The van der Waals surface area contributed by atoms with Crippen LogP contribution in [-0.4, -0.2) is 11.6 Å². The van der Waals surface area contributed by atoms with Crippen molar-refractivity contribution in [2.75, 3.05) is 6.61 Å². The summed E-state index contributed by atoms with van der Waals surface area (Å²) >= 11 is 6.45. The molecule has 2 nitrogen and oxygen atoms in total. The molecule has 3 aromatic rings.